The molecular formula is C15H13N3O2. The van der Waals surface area contributed by atoms with Crippen LogP contribution in [-0.2, 0) is 4.79 Å². The Morgan fingerprint density at radius 1 is 1.25 bits per heavy atom. The molecule has 3 aromatic rings. The van der Waals surface area contributed by atoms with Gasteiger partial charge in [-0.3, -0.25) is 4.79 Å². The van der Waals surface area contributed by atoms with Crippen molar-refractivity contribution in [2.45, 2.75) is 0 Å². The molecule has 5 nitrogen and oxygen atoms in total. The Bertz CT molecular complexity index is 714. The number of H-pyrrole nitrogens is 1. The van der Waals surface area contributed by atoms with Gasteiger partial charge < -0.3 is 15.4 Å². The van der Waals surface area contributed by atoms with Gasteiger partial charge in [-0.1, -0.05) is 12.1 Å². The summed E-state index contributed by atoms with van der Waals surface area (Å²) in [4.78, 5) is 18.0. The molecule has 0 aliphatic rings. The van der Waals surface area contributed by atoms with Crippen LogP contribution in [0.4, 0.5) is 5.69 Å². The quantitative estimate of drug-likeness (QED) is 0.679. The predicted molar refractivity (Wildman–Crippen MR) is 77.7 cm³/mol. The van der Waals surface area contributed by atoms with Gasteiger partial charge in [0.25, 0.3) is 0 Å². The number of nitrogens with zero attached hydrogens (tertiary/aromatic N) is 1. The topological polar surface area (TPSA) is 78.0 Å². The van der Waals surface area contributed by atoms with Crippen LogP contribution in [0.1, 0.15) is 0 Å². The molecule has 2 aromatic heterocycles. The fraction of sp³-hybridized carbons (Fsp3) is 0.0667. The van der Waals surface area contributed by atoms with E-state index in [1.807, 2.05) is 42.5 Å². The van der Waals surface area contributed by atoms with Crippen LogP contribution in [-0.4, -0.2) is 27.6 Å². The molecule has 0 atom stereocenters. The molecule has 3 rings (SSSR count). The fourth-order valence-electron chi connectivity index (χ4n) is 2.06. The van der Waals surface area contributed by atoms with E-state index in [-0.39, 0.29) is 6.54 Å². The number of aromatic nitrogens is 2. The van der Waals surface area contributed by atoms with E-state index in [9.17, 15) is 4.79 Å². The van der Waals surface area contributed by atoms with Crippen molar-refractivity contribution in [2.75, 3.05) is 11.9 Å². The minimum Gasteiger partial charge on any atom is -0.480 e. The van der Waals surface area contributed by atoms with E-state index in [1.165, 1.54) is 0 Å². The molecule has 0 radical (unpaired) electrons. The molecule has 0 saturated carbocycles. The molecule has 1 aromatic carbocycles. The number of benzene rings is 1. The summed E-state index contributed by atoms with van der Waals surface area (Å²) in [5.74, 6) is -0.879. The summed E-state index contributed by atoms with van der Waals surface area (Å²) in [6, 6.07) is 13.5. The third kappa shape index (κ3) is 2.47. The summed E-state index contributed by atoms with van der Waals surface area (Å²) in [6.07, 6.45) is 1.75. The Labute approximate surface area is 115 Å². The van der Waals surface area contributed by atoms with Crippen molar-refractivity contribution in [1.29, 1.82) is 0 Å². The summed E-state index contributed by atoms with van der Waals surface area (Å²) in [7, 11) is 0. The molecule has 5 heteroatoms. The Balaban J connectivity index is 1.85. The number of hydrogen-bond acceptors (Lipinski definition) is 3. The van der Waals surface area contributed by atoms with Gasteiger partial charge in [-0.25, -0.2) is 4.98 Å². The van der Waals surface area contributed by atoms with Crippen LogP contribution in [0.25, 0.3) is 22.3 Å². The van der Waals surface area contributed by atoms with E-state index in [4.69, 9.17) is 5.11 Å². The number of fused-ring (bicyclic) bond motifs is 1. The molecule has 0 aliphatic heterocycles. The van der Waals surface area contributed by atoms with Crippen molar-refractivity contribution in [2.24, 2.45) is 0 Å². The number of pyridine rings is 1. The van der Waals surface area contributed by atoms with Gasteiger partial charge >= 0.3 is 5.97 Å². The van der Waals surface area contributed by atoms with Crippen LogP contribution >= 0.6 is 0 Å². The molecule has 100 valence electrons. The average Bonchev–Trinajstić information content (AvgIpc) is 2.89. The molecule has 0 bridgehead atoms. The number of aromatic amines is 1. The minimum absolute atomic E-state index is 0.0876. The highest BCUT2D eigenvalue weighted by Gasteiger charge is 2.04. The first kappa shape index (κ1) is 12.2. The van der Waals surface area contributed by atoms with Crippen LogP contribution < -0.4 is 5.32 Å². The van der Waals surface area contributed by atoms with Gasteiger partial charge in [0, 0.05) is 23.0 Å². The van der Waals surface area contributed by atoms with Crippen molar-refractivity contribution in [3.05, 3.63) is 48.7 Å². The lowest BCUT2D eigenvalue weighted by molar-refractivity contribution is -0.134. The molecule has 0 amide bonds. The van der Waals surface area contributed by atoms with Gasteiger partial charge in [0.15, 0.2) is 0 Å². The molecule has 0 aliphatic carbocycles. The maximum Gasteiger partial charge on any atom is 0.322 e. The zero-order valence-corrected chi connectivity index (χ0v) is 10.6. The highest BCUT2D eigenvalue weighted by Crippen LogP contribution is 2.24. The number of aliphatic carboxylic acids is 1. The number of rotatable bonds is 4. The van der Waals surface area contributed by atoms with Crippen molar-refractivity contribution in [3.63, 3.8) is 0 Å². The first-order valence-electron chi connectivity index (χ1n) is 6.22. The highest BCUT2D eigenvalue weighted by atomic mass is 16.4. The predicted octanol–water partition coefficient (Wildman–Crippen LogP) is 2.73. The van der Waals surface area contributed by atoms with Crippen molar-refractivity contribution >= 4 is 22.7 Å². The van der Waals surface area contributed by atoms with Crippen molar-refractivity contribution in [1.82, 2.24) is 9.97 Å². The van der Waals surface area contributed by atoms with Gasteiger partial charge in [0.1, 0.15) is 12.2 Å². The summed E-state index contributed by atoms with van der Waals surface area (Å²) in [5.41, 5.74) is 3.66. The third-order valence-corrected chi connectivity index (χ3v) is 3.03. The van der Waals surface area contributed by atoms with Gasteiger partial charge in [0.2, 0.25) is 0 Å². The Kier molecular flexibility index (Phi) is 3.09. The number of hydrogen-bond donors (Lipinski definition) is 3. The van der Waals surface area contributed by atoms with E-state index in [0.717, 1.165) is 28.0 Å². The molecule has 3 N–H and O–H groups in total. The van der Waals surface area contributed by atoms with Crippen LogP contribution in [0.3, 0.4) is 0 Å². The molecule has 20 heavy (non-hydrogen) atoms. The number of carboxylic acid groups (broad SMARTS) is 1. The lowest BCUT2D eigenvalue weighted by Gasteiger charge is -2.04. The SMILES string of the molecule is O=C(O)CNc1ccc(-c2cc3cccnc3[nH]2)cc1. The molecule has 0 spiro atoms. The van der Waals surface area contributed by atoms with Crippen LogP contribution in [0, 0.1) is 0 Å². The van der Waals surface area contributed by atoms with Gasteiger partial charge in [0.05, 0.1) is 0 Å². The van der Waals surface area contributed by atoms with Crippen LogP contribution in [0.5, 0.6) is 0 Å². The summed E-state index contributed by atoms with van der Waals surface area (Å²) >= 11 is 0. The van der Waals surface area contributed by atoms with Crippen molar-refractivity contribution < 1.29 is 9.90 Å². The molecule has 0 fully saturated rings. The van der Waals surface area contributed by atoms with Crippen LogP contribution in [0.2, 0.25) is 0 Å². The fourth-order valence-corrected chi connectivity index (χ4v) is 2.06. The first-order valence-corrected chi connectivity index (χ1v) is 6.22. The second-order valence-electron chi connectivity index (χ2n) is 4.45. The Hall–Kier alpha value is -2.82. The van der Waals surface area contributed by atoms with Gasteiger partial charge in [-0.15, -0.1) is 0 Å². The number of carbonyl (C=O) groups is 1. The lowest BCUT2D eigenvalue weighted by Crippen LogP contribution is -2.11. The number of nitrogens with one attached hydrogen (secondary N) is 2. The standard InChI is InChI=1S/C15H13N3O2/c19-14(20)9-17-12-5-3-10(4-6-12)13-8-11-2-1-7-16-15(11)18-13/h1-8,17H,9H2,(H,16,18)(H,19,20). The monoisotopic (exact) mass is 267 g/mol. The highest BCUT2D eigenvalue weighted by molar-refractivity contribution is 5.83. The van der Waals surface area contributed by atoms with E-state index in [2.05, 4.69) is 15.3 Å². The second kappa shape index (κ2) is 5.05. The minimum atomic E-state index is -0.879. The van der Waals surface area contributed by atoms with Crippen molar-refractivity contribution in [3.8, 4) is 11.3 Å². The molecule has 2 heterocycles. The molecular weight excluding hydrogens is 254 g/mol. The first-order chi connectivity index (χ1) is 9.72. The zero-order valence-electron chi connectivity index (χ0n) is 10.6. The largest absolute Gasteiger partial charge is 0.480 e. The Morgan fingerprint density at radius 3 is 2.75 bits per heavy atom. The van der Waals surface area contributed by atoms with Gasteiger partial charge in [-0.2, -0.15) is 0 Å². The van der Waals surface area contributed by atoms with E-state index in [0.29, 0.717) is 0 Å². The molecule has 0 saturated heterocycles. The van der Waals surface area contributed by atoms with E-state index < -0.39 is 5.97 Å². The smallest absolute Gasteiger partial charge is 0.322 e. The number of anilines is 1. The summed E-state index contributed by atoms with van der Waals surface area (Å²) in [5, 5.41) is 12.5. The van der Waals surface area contributed by atoms with Gasteiger partial charge in [-0.05, 0) is 35.9 Å². The Morgan fingerprint density at radius 2 is 2.05 bits per heavy atom. The second-order valence-corrected chi connectivity index (χ2v) is 4.45. The summed E-state index contributed by atoms with van der Waals surface area (Å²) < 4.78 is 0. The zero-order chi connectivity index (χ0) is 13.9. The van der Waals surface area contributed by atoms with E-state index in [1.54, 1.807) is 6.20 Å². The van der Waals surface area contributed by atoms with Crippen LogP contribution in [0.15, 0.2) is 48.7 Å². The summed E-state index contributed by atoms with van der Waals surface area (Å²) in [6.45, 7) is -0.0876. The maximum atomic E-state index is 10.5. The van der Waals surface area contributed by atoms with E-state index >= 15 is 0 Å². The lowest BCUT2D eigenvalue weighted by atomic mass is 10.1. The molecule has 0 unspecified atom stereocenters. The normalized spacial score (nSPS) is 10.6. The average molecular weight is 267 g/mol. The third-order valence-electron chi connectivity index (χ3n) is 3.03. The maximum absolute atomic E-state index is 10.5. The number of carboxylic acids is 1.